The summed E-state index contributed by atoms with van der Waals surface area (Å²) < 4.78 is 9.66. The third kappa shape index (κ3) is 3.69. The summed E-state index contributed by atoms with van der Waals surface area (Å²) >= 11 is 0. The van der Waals surface area contributed by atoms with Crippen molar-refractivity contribution >= 4 is 5.97 Å². The van der Waals surface area contributed by atoms with Crippen LogP contribution >= 0.6 is 0 Å². The standard InChI is InChI=1S/C11H15NO5/c1-3-16-10(14)8-5-7(13)6-9(12-8)11(15)17-4-2/h5-6,10,14H,3-4H2,1-2H3,(H,12,13). The number of hydrogen-bond acceptors (Lipinski definition) is 5. The summed E-state index contributed by atoms with van der Waals surface area (Å²) in [5.74, 6) is -0.643. The first-order valence-electron chi connectivity index (χ1n) is 5.29. The fourth-order valence-electron chi connectivity index (χ4n) is 1.26. The first-order chi connectivity index (χ1) is 8.08. The number of nitrogens with one attached hydrogen (secondary N) is 1. The number of aromatic nitrogens is 1. The van der Waals surface area contributed by atoms with E-state index in [0.29, 0.717) is 0 Å². The third-order valence-electron chi connectivity index (χ3n) is 1.95. The lowest BCUT2D eigenvalue weighted by atomic mass is 10.3. The molecule has 0 spiro atoms. The second-order valence-corrected chi connectivity index (χ2v) is 3.21. The zero-order chi connectivity index (χ0) is 12.8. The van der Waals surface area contributed by atoms with Crippen LogP contribution in [0.5, 0.6) is 0 Å². The molecule has 0 radical (unpaired) electrons. The van der Waals surface area contributed by atoms with Crippen molar-refractivity contribution in [3.63, 3.8) is 0 Å². The van der Waals surface area contributed by atoms with E-state index in [0.717, 1.165) is 6.07 Å². The lowest BCUT2D eigenvalue weighted by Crippen LogP contribution is -2.16. The maximum Gasteiger partial charge on any atom is 0.354 e. The van der Waals surface area contributed by atoms with Gasteiger partial charge in [-0.15, -0.1) is 0 Å². The van der Waals surface area contributed by atoms with Crippen LogP contribution < -0.4 is 5.43 Å². The van der Waals surface area contributed by atoms with Gasteiger partial charge in [-0.05, 0) is 13.8 Å². The molecule has 0 aliphatic carbocycles. The van der Waals surface area contributed by atoms with Crippen LogP contribution in [0.25, 0.3) is 0 Å². The van der Waals surface area contributed by atoms with Crippen LogP contribution in [0.4, 0.5) is 0 Å². The third-order valence-corrected chi connectivity index (χ3v) is 1.95. The number of aromatic amines is 1. The zero-order valence-corrected chi connectivity index (χ0v) is 9.73. The summed E-state index contributed by atoms with van der Waals surface area (Å²) in [7, 11) is 0. The number of rotatable bonds is 5. The molecule has 0 aliphatic rings. The molecular formula is C11H15NO5. The van der Waals surface area contributed by atoms with Crippen molar-refractivity contribution in [1.29, 1.82) is 0 Å². The monoisotopic (exact) mass is 241 g/mol. The molecule has 0 bridgehead atoms. The van der Waals surface area contributed by atoms with E-state index in [1.54, 1.807) is 13.8 Å². The summed E-state index contributed by atoms with van der Waals surface area (Å²) in [4.78, 5) is 25.4. The van der Waals surface area contributed by atoms with Crippen LogP contribution in [-0.4, -0.2) is 29.3 Å². The highest BCUT2D eigenvalue weighted by molar-refractivity contribution is 5.87. The molecule has 0 saturated carbocycles. The maximum atomic E-state index is 11.4. The van der Waals surface area contributed by atoms with Gasteiger partial charge in [0.2, 0.25) is 0 Å². The Hall–Kier alpha value is -1.66. The molecular weight excluding hydrogens is 226 g/mol. The zero-order valence-electron chi connectivity index (χ0n) is 9.73. The van der Waals surface area contributed by atoms with Gasteiger partial charge in [-0.25, -0.2) is 4.79 Å². The maximum absolute atomic E-state index is 11.4. The molecule has 1 heterocycles. The topological polar surface area (TPSA) is 88.6 Å². The van der Waals surface area contributed by atoms with E-state index in [4.69, 9.17) is 9.47 Å². The van der Waals surface area contributed by atoms with Gasteiger partial charge in [0, 0.05) is 18.7 Å². The smallest absolute Gasteiger partial charge is 0.354 e. The van der Waals surface area contributed by atoms with E-state index in [1.165, 1.54) is 6.07 Å². The summed E-state index contributed by atoms with van der Waals surface area (Å²) in [6, 6.07) is 2.28. The van der Waals surface area contributed by atoms with Crippen LogP contribution in [0, 0.1) is 0 Å². The predicted molar refractivity (Wildman–Crippen MR) is 59.6 cm³/mol. The Morgan fingerprint density at radius 3 is 2.71 bits per heavy atom. The minimum absolute atomic E-state index is 0.00639. The van der Waals surface area contributed by atoms with Crippen LogP contribution in [0.15, 0.2) is 16.9 Å². The van der Waals surface area contributed by atoms with Crippen LogP contribution in [0.1, 0.15) is 36.3 Å². The summed E-state index contributed by atoms with van der Waals surface area (Å²) in [5.41, 5.74) is -0.281. The molecule has 17 heavy (non-hydrogen) atoms. The molecule has 1 unspecified atom stereocenters. The Bertz CT molecular complexity index is 440. The number of carbonyl (C=O) groups is 1. The van der Waals surface area contributed by atoms with E-state index in [2.05, 4.69) is 4.98 Å². The second-order valence-electron chi connectivity index (χ2n) is 3.21. The number of pyridine rings is 1. The van der Waals surface area contributed by atoms with Gasteiger partial charge in [-0.3, -0.25) is 4.79 Å². The van der Waals surface area contributed by atoms with Crippen molar-refractivity contribution in [2.75, 3.05) is 13.2 Å². The molecule has 1 rings (SSSR count). The largest absolute Gasteiger partial charge is 0.461 e. The lowest BCUT2D eigenvalue weighted by Gasteiger charge is -2.11. The number of carbonyl (C=O) groups excluding carboxylic acids is 1. The molecule has 6 nitrogen and oxygen atoms in total. The van der Waals surface area contributed by atoms with E-state index in [1.807, 2.05) is 0 Å². The number of H-pyrrole nitrogens is 1. The van der Waals surface area contributed by atoms with Crippen LogP contribution in [0.2, 0.25) is 0 Å². The van der Waals surface area contributed by atoms with Crippen molar-refractivity contribution in [3.05, 3.63) is 33.7 Å². The molecule has 1 aromatic rings. The Morgan fingerprint density at radius 2 is 2.12 bits per heavy atom. The normalized spacial score (nSPS) is 12.2. The molecule has 0 aliphatic heterocycles. The SMILES string of the molecule is CCOC(=O)c1cc(=O)cc(C(O)OCC)[nH]1. The quantitative estimate of drug-likeness (QED) is 0.581. The molecule has 1 aromatic heterocycles. The molecule has 0 aromatic carbocycles. The fraction of sp³-hybridized carbons (Fsp3) is 0.455. The van der Waals surface area contributed by atoms with Gasteiger partial charge in [0.25, 0.3) is 0 Å². The van der Waals surface area contributed by atoms with Crippen molar-refractivity contribution in [1.82, 2.24) is 4.98 Å². The average molecular weight is 241 g/mol. The van der Waals surface area contributed by atoms with Gasteiger partial charge in [0.15, 0.2) is 11.7 Å². The average Bonchev–Trinajstić information content (AvgIpc) is 2.29. The van der Waals surface area contributed by atoms with Gasteiger partial charge < -0.3 is 19.6 Å². The van der Waals surface area contributed by atoms with Gasteiger partial charge in [0.1, 0.15) is 5.69 Å². The number of ether oxygens (including phenoxy) is 2. The molecule has 6 heteroatoms. The number of esters is 1. The van der Waals surface area contributed by atoms with Gasteiger partial charge in [-0.1, -0.05) is 0 Å². The molecule has 0 fully saturated rings. The van der Waals surface area contributed by atoms with Crippen molar-refractivity contribution < 1.29 is 19.4 Å². The van der Waals surface area contributed by atoms with Gasteiger partial charge >= 0.3 is 5.97 Å². The molecule has 0 saturated heterocycles. The highest BCUT2D eigenvalue weighted by Crippen LogP contribution is 2.10. The van der Waals surface area contributed by atoms with Crippen LogP contribution in [0.3, 0.4) is 0 Å². The number of aliphatic hydroxyl groups excluding tert-OH is 1. The van der Waals surface area contributed by atoms with Crippen molar-refractivity contribution in [2.24, 2.45) is 0 Å². The summed E-state index contributed by atoms with van der Waals surface area (Å²) in [6.07, 6.45) is -1.26. The number of aliphatic hydroxyl groups is 1. The molecule has 0 amide bonds. The number of hydrogen-bond donors (Lipinski definition) is 2. The molecule has 2 N–H and O–H groups in total. The first-order valence-corrected chi connectivity index (χ1v) is 5.29. The Labute approximate surface area is 98.2 Å². The Morgan fingerprint density at radius 1 is 1.41 bits per heavy atom. The minimum Gasteiger partial charge on any atom is -0.461 e. The highest BCUT2D eigenvalue weighted by atomic mass is 16.6. The molecule has 1 atom stereocenters. The molecule has 94 valence electrons. The highest BCUT2D eigenvalue weighted by Gasteiger charge is 2.13. The van der Waals surface area contributed by atoms with Crippen LogP contribution in [-0.2, 0) is 9.47 Å². The van der Waals surface area contributed by atoms with Gasteiger partial charge in [0.05, 0.1) is 12.3 Å². The predicted octanol–water partition coefficient (Wildman–Crippen LogP) is 0.579. The first kappa shape index (κ1) is 13.4. The second kappa shape index (κ2) is 6.17. The summed E-state index contributed by atoms with van der Waals surface area (Å²) in [6.45, 7) is 3.86. The fourth-order valence-corrected chi connectivity index (χ4v) is 1.26. The Balaban J connectivity index is 3.01. The van der Waals surface area contributed by atoms with E-state index in [-0.39, 0.29) is 24.6 Å². The van der Waals surface area contributed by atoms with Gasteiger partial charge in [-0.2, -0.15) is 0 Å². The Kier molecular flexibility index (Phi) is 4.86. The van der Waals surface area contributed by atoms with E-state index in [9.17, 15) is 14.7 Å². The lowest BCUT2D eigenvalue weighted by molar-refractivity contribution is -0.101. The minimum atomic E-state index is -1.26. The van der Waals surface area contributed by atoms with Crippen molar-refractivity contribution in [3.8, 4) is 0 Å². The van der Waals surface area contributed by atoms with E-state index < -0.39 is 17.7 Å². The van der Waals surface area contributed by atoms with E-state index >= 15 is 0 Å². The van der Waals surface area contributed by atoms with Crippen molar-refractivity contribution in [2.45, 2.75) is 20.1 Å². The summed E-state index contributed by atoms with van der Waals surface area (Å²) in [5, 5.41) is 9.54.